The van der Waals surface area contributed by atoms with Crippen LogP contribution in [0.25, 0.3) is 0 Å². The van der Waals surface area contributed by atoms with Crippen LogP contribution in [0.1, 0.15) is 28.8 Å². The number of carbonyl (C=O) groups excluding carboxylic acids is 1. The van der Waals surface area contributed by atoms with Crippen molar-refractivity contribution in [2.45, 2.75) is 19.8 Å². The van der Waals surface area contributed by atoms with Gasteiger partial charge in [0, 0.05) is 12.1 Å². The summed E-state index contributed by atoms with van der Waals surface area (Å²) in [6, 6.07) is 4.73. The lowest BCUT2D eigenvalue weighted by atomic mass is 10.1. The highest BCUT2D eigenvalue weighted by Crippen LogP contribution is 2.19. The topological polar surface area (TPSA) is 49.8 Å². The summed E-state index contributed by atoms with van der Waals surface area (Å²) in [7, 11) is 0. The molecule has 1 aromatic rings. The summed E-state index contributed by atoms with van der Waals surface area (Å²) in [6.07, 6.45) is 1.97. The number of benzene rings is 1. The van der Waals surface area contributed by atoms with E-state index >= 15 is 0 Å². The first kappa shape index (κ1) is 11.0. The largest absolute Gasteiger partial charge is 0.508 e. The third kappa shape index (κ3) is 2.17. The van der Waals surface area contributed by atoms with Crippen LogP contribution >= 0.6 is 0 Å². The number of carbonyl (C=O) groups is 1. The van der Waals surface area contributed by atoms with Gasteiger partial charge in [0.25, 0.3) is 5.91 Å². The standard InChI is InChI=1S/C12H15NO3/c1-9-8-10(14)4-5-11(9)12(15)13-6-2-3-7-16-13/h4-5,8,14H,2-3,6-7H2,1H3. The van der Waals surface area contributed by atoms with Gasteiger partial charge in [-0.15, -0.1) is 0 Å². The van der Waals surface area contributed by atoms with E-state index in [-0.39, 0.29) is 11.7 Å². The van der Waals surface area contributed by atoms with Crippen molar-refractivity contribution in [1.29, 1.82) is 0 Å². The van der Waals surface area contributed by atoms with Crippen molar-refractivity contribution in [1.82, 2.24) is 5.06 Å². The van der Waals surface area contributed by atoms with E-state index in [2.05, 4.69) is 0 Å². The molecule has 1 amide bonds. The van der Waals surface area contributed by atoms with Crippen LogP contribution < -0.4 is 0 Å². The van der Waals surface area contributed by atoms with Crippen molar-refractivity contribution >= 4 is 5.91 Å². The number of amides is 1. The molecule has 0 unspecified atom stereocenters. The van der Waals surface area contributed by atoms with Gasteiger partial charge >= 0.3 is 0 Å². The van der Waals surface area contributed by atoms with Gasteiger partial charge in [0.05, 0.1) is 6.61 Å². The monoisotopic (exact) mass is 221 g/mol. The minimum absolute atomic E-state index is 0.128. The second kappa shape index (κ2) is 4.53. The number of phenols is 1. The van der Waals surface area contributed by atoms with Crippen molar-refractivity contribution in [2.24, 2.45) is 0 Å². The Morgan fingerprint density at radius 3 is 2.88 bits per heavy atom. The third-order valence-corrected chi connectivity index (χ3v) is 2.67. The molecule has 4 heteroatoms. The van der Waals surface area contributed by atoms with Crippen molar-refractivity contribution in [3.63, 3.8) is 0 Å². The van der Waals surface area contributed by atoms with Crippen LogP contribution in [0.15, 0.2) is 18.2 Å². The highest BCUT2D eigenvalue weighted by molar-refractivity contribution is 5.95. The SMILES string of the molecule is Cc1cc(O)ccc1C(=O)N1CCCCO1. The lowest BCUT2D eigenvalue weighted by Crippen LogP contribution is -2.36. The molecule has 1 aliphatic rings. The molecular weight excluding hydrogens is 206 g/mol. The van der Waals surface area contributed by atoms with Crippen LogP contribution in [-0.2, 0) is 4.84 Å². The number of rotatable bonds is 1. The predicted octanol–water partition coefficient (Wildman–Crippen LogP) is 1.87. The first-order chi connectivity index (χ1) is 7.68. The highest BCUT2D eigenvalue weighted by atomic mass is 16.7. The molecule has 1 aromatic carbocycles. The number of hydrogen-bond donors (Lipinski definition) is 1. The Bertz CT molecular complexity index is 397. The summed E-state index contributed by atoms with van der Waals surface area (Å²) in [5.74, 6) is 0.0470. The van der Waals surface area contributed by atoms with E-state index in [9.17, 15) is 9.90 Å². The molecule has 2 rings (SSSR count). The molecule has 0 aromatic heterocycles. The molecule has 16 heavy (non-hydrogen) atoms. The van der Waals surface area contributed by atoms with E-state index in [1.54, 1.807) is 19.1 Å². The quantitative estimate of drug-likeness (QED) is 0.787. The zero-order chi connectivity index (χ0) is 11.5. The predicted molar refractivity (Wildman–Crippen MR) is 59.1 cm³/mol. The number of aryl methyl sites for hydroxylation is 1. The first-order valence-corrected chi connectivity index (χ1v) is 5.43. The maximum absolute atomic E-state index is 12.1. The summed E-state index contributed by atoms with van der Waals surface area (Å²) < 4.78 is 0. The van der Waals surface area contributed by atoms with Crippen LogP contribution in [0.2, 0.25) is 0 Å². The van der Waals surface area contributed by atoms with E-state index in [0.717, 1.165) is 18.4 Å². The van der Waals surface area contributed by atoms with E-state index < -0.39 is 0 Å². The fourth-order valence-corrected chi connectivity index (χ4v) is 1.78. The van der Waals surface area contributed by atoms with Gasteiger partial charge in [-0.25, -0.2) is 5.06 Å². The maximum Gasteiger partial charge on any atom is 0.277 e. The number of nitrogens with zero attached hydrogens (tertiary/aromatic N) is 1. The fraction of sp³-hybridized carbons (Fsp3) is 0.417. The van der Waals surface area contributed by atoms with E-state index in [0.29, 0.717) is 18.7 Å². The second-order valence-electron chi connectivity index (χ2n) is 3.95. The summed E-state index contributed by atoms with van der Waals surface area (Å²) in [6.45, 7) is 3.04. The van der Waals surface area contributed by atoms with Crippen molar-refractivity contribution in [3.05, 3.63) is 29.3 Å². The Morgan fingerprint density at radius 2 is 2.25 bits per heavy atom. The number of hydroxylamine groups is 2. The van der Waals surface area contributed by atoms with Crippen molar-refractivity contribution < 1.29 is 14.7 Å². The molecule has 0 spiro atoms. The zero-order valence-electron chi connectivity index (χ0n) is 9.27. The Hall–Kier alpha value is -1.55. The van der Waals surface area contributed by atoms with Crippen LogP contribution in [-0.4, -0.2) is 29.2 Å². The van der Waals surface area contributed by atoms with Crippen molar-refractivity contribution in [2.75, 3.05) is 13.2 Å². The molecule has 1 fully saturated rings. The molecule has 0 bridgehead atoms. The molecule has 4 nitrogen and oxygen atoms in total. The maximum atomic E-state index is 12.1. The van der Waals surface area contributed by atoms with Gasteiger partial charge in [0.1, 0.15) is 5.75 Å². The number of phenolic OH excluding ortho intramolecular Hbond substituents is 1. The van der Waals surface area contributed by atoms with Crippen LogP contribution in [0, 0.1) is 6.92 Å². The molecule has 0 saturated carbocycles. The highest BCUT2D eigenvalue weighted by Gasteiger charge is 2.20. The molecule has 86 valence electrons. The third-order valence-electron chi connectivity index (χ3n) is 2.67. The summed E-state index contributed by atoms with van der Waals surface area (Å²) in [4.78, 5) is 17.4. The molecular formula is C12H15NO3. The first-order valence-electron chi connectivity index (χ1n) is 5.43. The molecule has 1 aliphatic heterocycles. The lowest BCUT2D eigenvalue weighted by Gasteiger charge is -2.26. The number of hydrogen-bond acceptors (Lipinski definition) is 3. The van der Waals surface area contributed by atoms with E-state index in [1.165, 1.54) is 11.1 Å². The Morgan fingerprint density at radius 1 is 1.44 bits per heavy atom. The van der Waals surface area contributed by atoms with E-state index in [4.69, 9.17) is 4.84 Å². The van der Waals surface area contributed by atoms with Gasteiger partial charge in [-0.1, -0.05) is 0 Å². The minimum atomic E-state index is -0.128. The zero-order valence-corrected chi connectivity index (χ0v) is 9.27. The Labute approximate surface area is 94.4 Å². The smallest absolute Gasteiger partial charge is 0.277 e. The van der Waals surface area contributed by atoms with Crippen LogP contribution in [0.4, 0.5) is 0 Å². The Kier molecular flexibility index (Phi) is 3.10. The molecule has 1 saturated heterocycles. The Balaban J connectivity index is 2.19. The average molecular weight is 221 g/mol. The average Bonchev–Trinajstić information content (AvgIpc) is 2.29. The van der Waals surface area contributed by atoms with E-state index in [1.807, 2.05) is 0 Å². The van der Waals surface area contributed by atoms with Gasteiger partial charge < -0.3 is 5.11 Å². The van der Waals surface area contributed by atoms with Gasteiger partial charge in [0.2, 0.25) is 0 Å². The molecule has 1 N–H and O–H groups in total. The molecule has 0 aliphatic carbocycles. The molecule has 0 atom stereocenters. The minimum Gasteiger partial charge on any atom is -0.508 e. The number of aromatic hydroxyl groups is 1. The summed E-state index contributed by atoms with van der Waals surface area (Å²) >= 11 is 0. The normalized spacial score (nSPS) is 16.2. The fourth-order valence-electron chi connectivity index (χ4n) is 1.78. The van der Waals surface area contributed by atoms with Gasteiger partial charge in [-0.2, -0.15) is 0 Å². The van der Waals surface area contributed by atoms with Gasteiger partial charge in [0.15, 0.2) is 0 Å². The van der Waals surface area contributed by atoms with Crippen LogP contribution in [0.3, 0.4) is 0 Å². The molecule has 0 radical (unpaired) electrons. The second-order valence-corrected chi connectivity index (χ2v) is 3.95. The molecule has 1 heterocycles. The summed E-state index contributed by atoms with van der Waals surface area (Å²) in [5.41, 5.74) is 1.35. The van der Waals surface area contributed by atoms with Gasteiger partial charge in [-0.3, -0.25) is 9.63 Å². The lowest BCUT2D eigenvalue weighted by molar-refractivity contribution is -0.144. The van der Waals surface area contributed by atoms with Gasteiger partial charge in [-0.05, 0) is 43.5 Å². The van der Waals surface area contributed by atoms with Crippen LogP contribution in [0.5, 0.6) is 5.75 Å². The summed E-state index contributed by atoms with van der Waals surface area (Å²) in [5, 5.41) is 10.7. The van der Waals surface area contributed by atoms with Crippen molar-refractivity contribution in [3.8, 4) is 5.75 Å².